The Hall–Kier alpha value is -2.41. The molecule has 2 atom stereocenters. The molecule has 1 saturated carbocycles. The van der Waals surface area contributed by atoms with Crippen LogP contribution in [-0.2, 0) is 11.2 Å². The number of rotatable bonds is 8. The zero-order valence-corrected chi connectivity index (χ0v) is 15.1. The lowest BCUT2D eigenvalue weighted by molar-refractivity contribution is -0.122. The first kappa shape index (κ1) is 18.4. The first-order valence-electron chi connectivity index (χ1n) is 9.25. The highest BCUT2D eigenvalue weighted by atomic mass is 16.5. The van der Waals surface area contributed by atoms with Gasteiger partial charge in [0.25, 0.3) is 0 Å². The SMILES string of the molecule is CCOc1ccc(-c2noc(CCC(=O)NC3CCCC3CN)n2)cc1. The number of ether oxygens (including phenoxy) is 1. The Morgan fingerprint density at radius 2 is 2.15 bits per heavy atom. The Kier molecular flexibility index (Phi) is 6.22. The van der Waals surface area contributed by atoms with Crippen LogP contribution in [-0.4, -0.2) is 35.2 Å². The highest BCUT2D eigenvalue weighted by Crippen LogP contribution is 2.24. The van der Waals surface area contributed by atoms with Crippen molar-refractivity contribution in [1.29, 1.82) is 0 Å². The van der Waals surface area contributed by atoms with Crippen LogP contribution in [0, 0.1) is 5.92 Å². The average molecular weight is 358 g/mol. The average Bonchev–Trinajstić information content (AvgIpc) is 3.30. The molecule has 1 aliphatic rings. The first-order valence-corrected chi connectivity index (χ1v) is 9.25. The lowest BCUT2D eigenvalue weighted by Gasteiger charge is -2.19. The van der Waals surface area contributed by atoms with Crippen molar-refractivity contribution in [3.8, 4) is 17.1 Å². The van der Waals surface area contributed by atoms with Gasteiger partial charge >= 0.3 is 0 Å². The summed E-state index contributed by atoms with van der Waals surface area (Å²) in [5, 5.41) is 7.08. The van der Waals surface area contributed by atoms with Gasteiger partial charge in [0.2, 0.25) is 17.6 Å². The molecule has 3 N–H and O–H groups in total. The van der Waals surface area contributed by atoms with E-state index in [0.717, 1.165) is 30.6 Å². The smallest absolute Gasteiger partial charge is 0.227 e. The fourth-order valence-electron chi connectivity index (χ4n) is 3.35. The van der Waals surface area contributed by atoms with Gasteiger partial charge in [-0.1, -0.05) is 11.6 Å². The second-order valence-corrected chi connectivity index (χ2v) is 6.57. The van der Waals surface area contributed by atoms with Gasteiger partial charge in [0, 0.05) is 24.4 Å². The minimum absolute atomic E-state index is 0.0103. The number of aromatic nitrogens is 2. The van der Waals surface area contributed by atoms with Crippen LogP contribution in [0.1, 0.15) is 38.5 Å². The minimum Gasteiger partial charge on any atom is -0.494 e. The Morgan fingerprint density at radius 3 is 2.88 bits per heavy atom. The van der Waals surface area contributed by atoms with E-state index >= 15 is 0 Å². The topological polar surface area (TPSA) is 103 Å². The van der Waals surface area contributed by atoms with Crippen molar-refractivity contribution in [1.82, 2.24) is 15.5 Å². The molecule has 1 aromatic carbocycles. The van der Waals surface area contributed by atoms with E-state index in [1.165, 1.54) is 0 Å². The van der Waals surface area contributed by atoms with Crippen molar-refractivity contribution in [3.63, 3.8) is 0 Å². The molecule has 1 heterocycles. The summed E-state index contributed by atoms with van der Waals surface area (Å²) in [7, 11) is 0. The molecule has 1 amide bonds. The second kappa shape index (κ2) is 8.80. The van der Waals surface area contributed by atoms with Gasteiger partial charge in [-0.2, -0.15) is 4.98 Å². The van der Waals surface area contributed by atoms with Crippen LogP contribution >= 0.6 is 0 Å². The molecular weight excluding hydrogens is 332 g/mol. The minimum atomic E-state index is 0.0103. The molecule has 7 nitrogen and oxygen atoms in total. The predicted octanol–water partition coefficient (Wildman–Crippen LogP) is 2.31. The van der Waals surface area contributed by atoms with Crippen LogP contribution in [0.15, 0.2) is 28.8 Å². The molecule has 0 radical (unpaired) electrons. The number of nitrogens with zero attached hydrogens (tertiary/aromatic N) is 2. The third-order valence-corrected chi connectivity index (χ3v) is 4.77. The number of nitrogens with one attached hydrogen (secondary N) is 1. The maximum atomic E-state index is 12.2. The van der Waals surface area contributed by atoms with Gasteiger partial charge in [0.15, 0.2) is 0 Å². The van der Waals surface area contributed by atoms with Crippen molar-refractivity contribution >= 4 is 5.91 Å². The third kappa shape index (κ3) is 4.60. The van der Waals surface area contributed by atoms with Crippen molar-refractivity contribution in [2.45, 2.75) is 45.1 Å². The summed E-state index contributed by atoms with van der Waals surface area (Å²) >= 11 is 0. The van der Waals surface area contributed by atoms with Crippen LogP contribution in [0.5, 0.6) is 5.75 Å². The van der Waals surface area contributed by atoms with Crippen molar-refractivity contribution in [2.24, 2.45) is 11.7 Å². The van der Waals surface area contributed by atoms with Crippen molar-refractivity contribution in [2.75, 3.05) is 13.2 Å². The normalized spacial score (nSPS) is 19.5. The Morgan fingerprint density at radius 1 is 1.35 bits per heavy atom. The summed E-state index contributed by atoms with van der Waals surface area (Å²) in [6.07, 6.45) is 3.99. The van der Waals surface area contributed by atoms with Crippen LogP contribution in [0.3, 0.4) is 0 Å². The molecule has 1 fully saturated rings. The maximum Gasteiger partial charge on any atom is 0.227 e. The van der Waals surface area contributed by atoms with E-state index in [2.05, 4.69) is 15.5 Å². The van der Waals surface area contributed by atoms with Crippen LogP contribution in [0.4, 0.5) is 0 Å². The molecule has 1 aromatic heterocycles. The van der Waals surface area contributed by atoms with E-state index in [4.69, 9.17) is 15.0 Å². The van der Waals surface area contributed by atoms with Gasteiger partial charge in [-0.05, 0) is 56.5 Å². The van der Waals surface area contributed by atoms with Gasteiger partial charge in [-0.25, -0.2) is 0 Å². The molecule has 0 saturated heterocycles. The second-order valence-electron chi connectivity index (χ2n) is 6.57. The lowest BCUT2D eigenvalue weighted by atomic mass is 10.0. The van der Waals surface area contributed by atoms with Crippen molar-refractivity contribution in [3.05, 3.63) is 30.2 Å². The van der Waals surface area contributed by atoms with E-state index in [0.29, 0.717) is 43.6 Å². The quantitative estimate of drug-likeness (QED) is 0.750. The summed E-state index contributed by atoms with van der Waals surface area (Å²) in [6.45, 7) is 3.19. The molecule has 7 heteroatoms. The monoisotopic (exact) mass is 358 g/mol. The molecule has 0 bridgehead atoms. The molecule has 2 aromatic rings. The molecule has 0 aliphatic heterocycles. The lowest BCUT2D eigenvalue weighted by Crippen LogP contribution is -2.39. The Balaban J connectivity index is 1.51. The van der Waals surface area contributed by atoms with Crippen LogP contribution < -0.4 is 15.8 Å². The van der Waals surface area contributed by atoms with E-state index in [-0.39, 0.29) is 11.9 Å². The van der Waals surface area contributed by atoms with E-state index < -0.39 is 0 Å². The standard InChI is InChI=1S/C19H26N4O3/c1-2-25-15-8-6-13(7-9-15)19-22-18(26-23-19)11-10-17(24)21-16-5-3-4-14(16)12-20/h6-9,14,16H,2-5,10-12,20H2,1H3,(H,21,24). The largest absolute Gasteiger partial charge is 0.494 e. The van der Waals surface area contributed by atoms with Gasteiger partial charge < -0.3 is 20.3 Å². The van der Waals surface area contributed by atoms with E-state index in [9.17, 15) is 4.79 Å². The van der Waals surface area contributed by atoms with E-state index in [1.807, 2.05) is 31.2 Å². The van der Waals surface area contributed by atoms with Crippen LogP contribution in [0.2, 0.25) is 0 Å². The maximum absolute atomic E-state index is 12.2. The van der Waals surface area contributed by atoms with Crippen LogP contribution in [0.25, 0.3) is 11.4 Å². The first-order chi connectivity index (χ1) is 12.7. The predicted molar refractivity (Wildman–Crippen MR) is 97.6 cm³/mol. The number of benzene rings is 1. The number of carbonyl (C=O) groups excluding carboxylic acids is 1. The number of amides is 1. The van der Waals surface area contributed by atoms with Gasteiger partial charge in [0.05, 0.1) is 6.61 Å². The fourth-order valence-corrected chi connectivity index (χ4v) is 3.35. The fraction of sp³-hybridized carbons (Fsp3) is 0.526. The summed E-state index contributed by atoms with van der Waals surface area (Å²) < 4.78 is 10.7. The molecular formula is C19H26N4O3. The van der Waals surface area contributed by atoms with E-state index in [1.54, 1.807) is 0 Å². The summed E-state index contributed by atoms with van der Waals surface area (Å²) in [4.78, 5) is 16.5. The zero-order chi connectivity index (χ0) is 18.4. The summed E-state index contributed by atoms with van der Waals surface area (Å²) in [5.74, 6) is 2.19. The molecule has 0 spiro atoms. The third-order valence-electron chi connectivity index (χ3n) is 4.77. The molecule has 1 aliphatic carbocycles. The molecule has 3 rings (SSSR count). The highest BCUT2D eigenvalue weighted by molar-refractivity contribution is 5.76. The molecule has 26 heavy (non-hydrogen) atoms. The van der Waals surface area contributed by atoms with Crippen molar-refractivity contribution < 1.29 is 14.1 Å². The Bertz CT molecular complexity index is 714. The Labute approximate surface area is 153 Å². The number of nitrogens with two attached hydrogens (primary N) is 1. The van der Waals surface area contributed by atoms with Gasteiger partial charge in [0.1, 0.15) is 5.75 Å². The number of hydrogen-bond donors (Lipinski definition) is 2. The highest BCUT2D eigenvalue weighted by Gasteiger charge is 2.27. The number of hydrogen-bond acceptors (Lipinski definition) is 6. The van der Waals surface area contributed by atoms with Gasteiger partial charge in [-0.3, -0.25) is 4.79 Å². The zero-order valence-electron chi connectivity index (χ0n) is 15.1. The summed E-state index contributed by atoms with van der Waals surface area (Å²) in [6, 6.07) is 7.73. The van der Waals surface area contributed by atoms with Gasteiger partial charge in [-0.15, -0.1) is 0 Å². The summed E-state index contributed by atoms with van der Waals surface area (Å²) in [5.41, 5.74) is 6.61. The number of carbonyl (C=O) groups is 1. The molecule has 2 unspecified atom stereocenters. The molecule has 140 valence electrons. The number of aryl methyl sites for hydroxylation is 1.